The van der Waals surface area contributed by atoms with E-state index < -0.39 is 23.7 Å². The first-order valence-corrected chi connectivity index (χ1v) is 6.93. The Hall–Kier alpha value is -1.95. The van der Waals surface area contributed by atoms with Crippen LogP contribution in [0.15, 0.2) is 24.3 Å². The number of hydrogen-bond donors (Lipinski definition) is 2. The predicted molar refractivity (Wildman–Crippen MR) is 73.5 cm³/mol. The molecule has 2 rings (SSSR count). The highest BCUT2D eigenvalue weighted by Gasteiger charge is 2.26. The van der Waals surface area contributed by atoms with Crippen molar-refractivity contribution in [3.05, 3.63) is 35.6 Å². The first-order chi connectivity index (χ1) is 10.1. The Balaban J connectivity index is 1.96. The zero-order chi connectivity index (χ0) is 15.2. The van der Waals surface area contributed by atoms with Gasteiger partial charge < -0.3 is 15.2 Å². The number of hydrogen-bond acceptors (Lipinski definition) is 3. The number of nitrogens with one attached hydrogen (secondary N) is 1. The third kappa shape index (κ3) is 4.53. The Morgan fingerprint density at radius 3 is 2.48 bits per heavy atom. The van der Waals surface area contributed by atoms with Crippen LogP contribution in [0.1, 0.15) is 29.6 Å². The molecule has 0 bridgehead atoms. The summed E-state index contributed by atoms with van der Waals surface area (Å²) in [6, 6.07) is 4.06. The summed E-state index contributed by atoms with van der Waals surface area (Å²) < 4.78 is 18.0. The number of carboxylic acid groups (broad SMARTS) is 1. The van der Waals surface area contributed by atoms with Crippen molar-refractivity contribution in [1.82, 2.24) is 5.32 Å². The average molecular weight is 295 g/mol. The summed E-state index contributed by atoms with van der Waals surface area (Å²) in [5.41, 5.74) is 0.245. The van der Waals surface area contributed by atoms with Crippen LogP contribution in [-0.2, 0) is 9.53 Å². The number of carbonyl (C=O) groups is 2. The summed E-state index contributed by atoms with van der Waals surface area (Å²) in [4.78, 5) is 23.3. The van der Waals surface area contributed by atoms with E-state index in [1.54, 1.807) is 0 Å². The number of rotatable bonds is 5. The Bertz CT molecular complexity index is 497. The maximum Gasteiger partial charge on any atom is 0.326 e. The molecule has 114 valence electrons. The van der Waals surface area contributed by atoms with E-state index >= 15 is 0 Å². The first kappa shape index (κ1) is 15.4. The van der Waals surface area contributed by atoms with Crippen LogP contribution in [-0.4, -0.2) is 36.2 Å². The van der Waals surface area contributed by atoms with E-state index in [9.17, 15) is 19.1 Å². The van der Waals surface area contributed by atoms with Gasteiger partial charge in [-0.3, -0.25) is 4.79 Å². The van der Waals surface area contributed by atoms with E-state index in [-0.39, 0.29) is 11.5 Å². The van der Waals surface area contributed by atoms with Crippen LogP contribution in [0.2, 0.25) is 0 Å². The number of carboxylic acids is 1. The van der Waals surface area contributed by atoms with Crippen molar-refractivity contribution < 1.29 is 23.8 Å². The molecule has 5 nitrogen and oxygen atoms in total. The zero-order valence-electron chi connectivity index (χ0n) is 11.5. The lowest BCUT2D eigenvalue weighted by Crippen LogP contribution is -2.42. The summed E-state index contributed by atoms with van der Waals surface area (Å²) >= 11 is 0. The Labute approximate surface area is 122 Å². The van der Waals surface area contributed by atoms with E-state index in [1.165, 1.54) is 24.3 Å². The lowest BCUT2D eigenvalue weighted by atomic mass is 9.92. The molecule has 6 heteroatoms. The summed E-state index contributed by atoms with van der Waals surface area (Å²) in [5, 5.41) is 11.7. The Morgan fingerprint density at radius 1 is 1.29 bits per heavy atom. The van der Waals surface area contributed by atoms with E-state index in [0.717, 1.165) is 12.8 Å². The van der Waals surface area contributed by atoms with Crippen LogP contribution in [0.4, 0.5) is 4.39 Å². The summed E-state index contributed by atoms with van der Waals surface area (Å²) in [6.45, 7) is 1.26. The van der Waals surface area contributed by atoms with Gasteiger partial charge in [-0.1, -0.05) is 0 Å². The van der Waals surface area contributed by atoms with Crippen molar-refractivity contribution in [2.45, 2.75) is 25.3 Å². The molecule has 1 amide bonds. The second-order valence-electron chi connectivity index (χ2n) is 5.16. The van der Waals surface area contributed by atoms with Crippen molar-refractivity contribution in [3.8, 4) is 0 Å². The topological polar surface area (TPSA) is 75.6 Å². The van der Waals surface area contributed by atoms with Crippen LogP contribution < -0.4 is 5.32 Å². The molecule has 0 aromatic heterocycles. The van der Waals surface area contributed by atoms with Gasteiger partial charge in [0, 0.05) is 18.8 Å². The van der Waals surface area contributed by atoms with Crippen molar-refractivity contribution in [2.75, 3.05) is 13.2 Å². The van der Waals surface area contributed by atoms with E-state index in [0.29, 0.717) is 19.6 Å². The van der Waals surface area contributed by atoms with E-state index in [2.05, 4.69) is 5.32 Å². The minimum absolute atomic E-state index is 0.230. The smallest absolute Gasteiger partial charge is 0.326 e. The number of halogens is 1. The van der Waals surface area contributed by atoms with Crippen LogP contribution in [0.25, 0.3) is 0 Å². The molecular weight excluding hydrogens is 277 g/mol. The zero-order valence-corrected chi connectivity index (χ0v) is 11.5. The molecule has 1 unspecified atom stereocenters. The highest BCUT2D eigenvalue weighted by atomic mass is 19.1. The van der Waals surface area contributed by atoms with E-state index in [4.69, 9.17) is 4.74 Å². The van der Waals surface area contributed by atoms with Crippen molar-refractivity contribution >= 4 is 11.9 Å². The third-order valence-corrected chi connectivity index (χ3v) is 3.62. The highest BCUT2D eigenvalue weighted by Crippen LogP contribution is 2.20. The monoisotopic (exact) mass is 295 g/mol. The van der Waals surface area contributed by atoms with Gasteiger partial charge in [0.1, 0.15) is 11.9 Å². The molecule has 1 fully saturated rings. The molecule has 1 saturated heterocycles. The Morgan fingerprint density at radius 2 is 1.90 bits per heavy atom. The van der Waals surface area contributed by atoms with Gasteiger partial charge in [-0.25, -0.2) is 9.18 Å². The lowest BCUT2D eigenvalue weighted by molar-refractivity contribution is -0.139. The van der Waals surface area contributed by atoms with Gasteiger partial charge in [0.05, 0.1) is 0 Å². The minimum Gasteiger partial charge on any atom is -0.480 e. The summed E-state index contributed by atoms with van der Waals surface area (Å²) in [6.07, 6.45) is 1.98. The third-order valence-electron chi connectivity index (χ3n) is 3.62. The molecule has 1 aromatic carbocycles. The molecule has 0 spiro atoms. The van der Waals surface area contributed by atoms with E-state index in [1.807, 2.05) is 0 Å². The fourth-order valence-corrected chi connectivity index (χ4v) is 2.38. The van der Waals surface area contributed by atoms with Gasteiger partial charge in [-0.2, -0.15) is 0 Å². The molecule has 21 heavy (non-hydrogen) atoms. The maximum absolute atomic E-state index is 12.8. The quantitative estimate of drug-likeness (QED) is 0.869. The first-order valence-electron chi connectivity index (χ1n) is 6.93. The van der Waals surface area contributed by atoms with Gasteiger partial charge in [0.2, 0.25) is 0 Å². The molecular formula is C15H18FNO4. The van der Waals surface area contributed by atoms with Gasteiger partial charge >= 0.3 is 5.97 Å². The molecule has 0 radical (unpaired) electrons. The molecule has 1 heterocycles. The van der Waals surface area contributed by atoms with Gasteiger partial charge in [0.15, 0.2) is 0 Å². The number of ether oxygens (including phenoxy) is 1. The molecule has 2 N–H and O–H groups in total. The SMILES string of the molecule is O=C(NC(CC1CCOCC1)C(=O)O)c1ccc(F)cc1. The summed E-state index contributed by atoms with van der Waals surface area (Å²) in [5.74, 6) is -1.77. The second kappa shape index (κ2) is 7.17. The standard InChI is InChI=1S/C15H18FNO4/c16-12-3-1-11(2-4-12)14(18)17-13(15(19)20)9-10-5-7-21-8-6-10/h1-4,10,13H,5-9H2,(H,17,18)(H,19,20). The largest absolute Gasteiger partial charge is 0.480 e. The molecule has 0 saturated carbocycles. The second-order valence-corrected chi connectivity index (χ2v) is 5.16. The van der Waals surface area contributed by atoms with Crippen LogP contribution in [0.3, 0.4) is 0 Å². The van der Waals surface area contributed by atoms with Crippen LogP contribution >= 0.6 is 0 Å². The molecule has 1 aliphatic heterocycles. The van der Waals surface area contributed by atoms with Gasteiger partial charge in [0.25, 0.3) is 5.91 Å². The van der Waals surface area contributed by atoms with Gasteiger partial charge in [-0.15, -0.1) is 0 Å². The van der Waals surface area contributed by atoms with Crippen molar-refractivity contribution in [3.63, 3.8) is 0 Å². The van der Waals surface area contributed by atoms with Crippen molar-refractivity contribution in [1.29, 1.82) is 0 Å². The molecule has 1 aromatic rings. The highest BCUT2D eigenvalue weighted by molar-refractivity contribution is 5.96. The minimum atomic E-state index is -1.06. The molecule has 1 aliphatic rings. The van der Waals surface area contributed by atoms with Crippen LogP contribution in [0, 0.1) is 11.7 Å². The maximum atomic E-state index is 12.8. The fraction of sp³-hybridized carbons (Fsp3) is 0.467. The lowest BCUT2D eigenvalue weighted by Gasteiger charge is -2.25. The normalized spacial score (nSPS) is 17.2. The van der Waals surface area contributed by atoms with Crippen LogP contribution in [0.5, 0.6) is 0 Å². The summed E-state index contributed by atoms with van der Waals surface area (Å²) in [7, 11) is 0. The number of aliphatic carboxylic acids is 1. The number of benzene rings is 1. The predicted octanol–water partition coefficient (Wildman–Crippen LogP) is 1.83. The Kier molecular flexibility index (Phi) is 5.27. The number of carbonyl (C=O) groups excluding carboxylic acids is 1. The molecule has 0 aliphatic carbocycles. The number of amides is 1. The van der Waals surface area contributed by atoms with Crippen molar-refractivity contribution in [2.24, 2.45) is 5.92 Å². The van der Waals surface area contributed by atoms with Gasteiger partial charge in [-0.05, 0) is 49.4 Å². The average Bonchev–Trinajstić information content (AvgIpc) is 2.48. The fourth-order valence-electron chi connectivity index (χ4n) is 2.38. The molecule has 1 atom stereocenters.